The lowest BCUT2D eigenvalue weighted by molar-refractivity contribution is -0.139. The van der Waals surface area contributed by atoms with Gasteiger partial charge in [-0.25, -0.2) is 4.79 Å². The van der Waals surface area contributed by atoms with Gasteiger partial charge in [-0.1, -0.05) is 0 Å². The van der Waals surface area contributed by atoms with Gasteiger partial charge in [0.05, 0.1) is 12.8 Å². The molecule has 22 heavy (non-hydrogen) atoms. The predicted octanol–water partition coefficient (Wildman–Crippen LogP) is 1.11. The number of ether oxygens (including phenoxy) is 2. The van der Waals surface area contributed by atoms with Gasteiger partial charge in [-0.2, -0.15) is 5.10 Å². The van der Waals surface area contributed by atoms with Crippen LogP contribution in [0.3, 0.4) is 0 Å². The van der Waals surface area contributed by atoms with Gasteiger partial charge in [-0.15, -0.1) is 0 Å². The summed E-state index contributed by atoms with van der Waals surface area (Å²) in [5.74, 6) is -1.31. The van der Waals surface area contributed by atoms with Crippen LogP contribution < -0.4 is 9.47 Å². The van der Waals surface area contributed by atoms with Gasteiger partial charge >= 0.3 is 11.9 Å². The molecule has 0 unspecified atom stereocenters. The third-order valence-corrected chi connectivity index (χ3v) is 2.75. The smallest absolute Gasteiger partial charge is 0.341 e. The molecule has 8 heteroatoms. The van der Waals surface area contributed by atoms with Crippen molar-refractivity contribution < 1.29 is 29.3 Å². The molecule has 0 atom stereocenters. The van der Waals surface area contributed by atoms with Gasteiger partial charge in [0, 0.05) is 17.8 Å². The Morgan fingerprint density at radius 1 is 1.23 bits per heavy atom. The molecule has 1 aromatic heterocycles. The van der Waals surface area contributed by atoms with E-state index >= 15 is 0 Å². The molecule has 8 nitrogen and oxygen atoms in total. The van der Waals surface area contributed by atoms with Crippen LogP contribution in [-0.2, 0) is 16.1 Å². The second-order valence-corrected chi connectivity index (χ2v) is 4.34. The topological polar surface area (TPSA) is 111 Å². The number of rotatable bonds is 7. The van der Waals surface area contributed by atoms with Gasteiger partial charge in [0.25, 0.3) is 0 Å². The van der Waals surface area contributed by atoms with E-state index in [0.717, 1.165) is 0 Å². The SMILES string of the molecule is COc1ccc(-c2ccn(CC(=O)O)n2)c(OCC(=O)O)c1. The van der Waals surface area contributed by atoms with Crippen molar-refractivity contribution in [3.05, 3.63) is 30.5 Å². The van der Waals surface area contributed by atoms with Crippen LogP contribution >= 0.6 is 0 Å². The summed E-state index contributed by atoms with van der Waals surface area (Å²) in [7, 11) is 1.48. The summed E-state index contributed by atoms with van der Waals surface area (Å²) >= 11 is 0. The average molecular weight is 306 g/mol. The van der Waals surface area contributed by atoms with Crippen molar-refractivity contribution in [1.82, 2.24) is 9.78 Å². The van der Waals surface area contributed by atoms with E-state index in [4.69, 9.17) is 19.7 Å². The number of methoxy groups -OCH3 is 1. The van der Waals surface area contributed by atoms with E-state index in [9.17, 15) is 9.59 Å². The Balaban J connectivity index is 2.33. The van der Waals surface area contributed by atoms with Gasteiger partial charge in [0.2, 0.25) is 0 Å². The zero-order chi connectivity index (χ0) is 16.1. The summed E-state index contributed by atoms with van der Waals surface area (Å²) in [6, 6.07) is 6.52. The third kappa shape index (κ3) is 3.75. The molecule has 0 amide bonds. The molecule has 0 bridgehead atoms. The first-order valence-electron chi connectivity index (χ1n) is 6.28. The number of carboxylic acids is 2. The summed E-state index contributed by atoms with van der Waals surface area (Å²) in [6.45, 7) is -0.766. The van der Waals surface area contributed by atoms with Crippen LogP contribution in [0.25, 0.3) is 11.3 Å². The first-order chi connectivity index (χ1) is 10.5. The number of hydrogen-bond acceptors (Lipinski definition) is 5. The molecule has 0 fully saturated rings. The van der Waals surface area contributed by atoms with Crippen molar-refractivity contribution in [2.75, 3.05) is 13.7 Å². The highest BCUT2D eigenvalue weighted by atomic mass is 16.5. The fraction of sp³-hybridized carbons (Fsp3) is 0.214. The normalized spacial score (nSPS) is 10.2. The van der Waals surface area contributed by atoms with Crippen LogP contribution in [0.5, 0.6) is 11.5 Å². The van der Waals surface area contributed by atoms with Crippen molar-refractivity contribution in [2.45, 2.75) is 6.54 Å². The van der Waals surface area contributed by atoms with Crippen LogP contribution in [0.4, 0.5) is 0 Å². The standard InChI is InChI=1S/C14H14N2O6/c1-21-9-2-3-10(12(6-9)22-8-14(19)20)11-4-5-16(15-11)7-13(17)18/h2-6H,7-8H2,1H3,(H,17,18)(H,19,20). The van der Waals surface area contributed by atoms with Crippen molar-refractivity contribution >= 4 is 11.9 Å². The number of benzene rings is 1. The Kier molecular flexibility index (Phi) is 4.62. The van der Waals surface area contributed by atoms with Gasteiger partial charge in [0.15, 0.2) is 6.61 Å². The van der Waals surface area contributed by atoms with Gasteiger partial charge in [0.1, 0.15) is 18.0 Å². The number of aliphatic carboxylic acids is 2. The van der Waals surface area contributed by atoms with E-state index in [1.807, 2.05) is 0 Å². The van der Waals surface area contributed by atoms with Crippen LogP contribution in [0.2, 0.25) is 0 Å². The molecule has 0 saturated carbocycles. The maximum Gasteiger partial charge on any atom is 0.341 e. The first kappa shape index (κ1) is 15.4. The van der Waals surface area contributed by atoms with Gasteiger partial charge < -0.3 is 19.7 Å². The Morgan fingerprint density at radius 2 is 2.00 bits per heavy atom. The molecule has 1 aromatic carbocycles. The molecule has 0 aliphatic heterocycles. The number of hydrogen-bond donors (Lipinski definition) is 2. The summed E-state index contributed by atoms with van der Waals surface area (Å²) < 4.78 is 11.6. The summed E-state index contributed by atoms with van der Waals surface area (Å²) in [4.78, 5) is 21.3. The molecular formula is C14H14N2O6. The largest absolute Gasteiger partial charge is 0.497 e. The number of carbonyl (C=O) groups is 2. The predicted molar refractivity (Wildman–Crippen MR) is 75.0 cm³/mol. The second kappa shape index (κ2) is 6.61. The van der Waals surface area contributed by atoms with Crippen molar-refractivity contribution in [3.63, 3.8) is 0 Å². The molecule has 2 rings (SSSR count). The first-order valence-corrected chi connectivity index (χ1v) is 6.28. The molecule has 116 valence electrons. The Morgan fingerprint density at radius 3 is 2.64 bits per heavy atom. The third-order valence-electron chi connectivity index (χ3n) is 2.75. The fourth-order valence-corrected chi connectivity index (χ4v) is 1.83. The van der Waals surface area contributed by atoms with Crippen molar-refractivity contribution in [2.24, 2.45) is 0 Å². The maximum absolute atomic E-state index is 10.7. The molecular weight excluding hydrogens is 292 g/mol. The van der Waals surface area contributed by atoms with Crippen molar-refractivity contribution in [1.29, 1.82) is 0 Å². The Hall–Kier alpha value is -3.03. The average Bonchev–Trinajstić information content (AvgIpc) is 2.92. The molecule has 2 N–H and O–H groups in total. The zero-order valence-electron chi connectivity index (χ0n) is 11.7. The quantitative estimate of drug-likeness (QED) is 0.788. The lowest BCUT2D eigenvalue weighted by atomic mass is 10.1. The summed E-state index contributed by atoms with van der Waals surface area (Å²) in [5, 5.41) is 21.6. The minimum atomic E-state index is -1.11. The Bertz CT molecular complexity index is 694. The highest BCUT2D eigenvalue weighted by Gasteiger charge is 2.13. The molecule has 1 heterocycles. The van der Waals surface area contributed by atoms with E-state index in [2.05, 4.69) is 5.10 Å². The fourth-order valence-electron chi connectivity index (χ4n) is 1.83. The van der Waals surface area contributed by atoms with Gasteiger partial charge in [-0.3, -0.25) is 9.48 Å². The number of nitrogens with zero attached hydrogens (tertiary/aromatic N) is 2. The molecule has 0 spiro atoms. The highest BCUT2D eigenvalue weighted by Crippen LogP contribution is 2.32. The zero-order valence-corrected chi connectivity index (χ0v) is 11.7. The van der Waals surface area contributed by atoms with Crippen LogP contribution in [-0.4, -0.2) is 45.6 Å². The van der Waals surface area contributed by atoms with Crippen LogP contribution in [0.1, 0.15) is 0 Å². The summed E-state index contributed by atoms with van der Waals surface area (Å²) in [6.07, 6.45) is 1.52. The molecule has 0 aliphatic carbocycles. The van der Waals surface area contributed by atoms with E-state index in [1.54, 1.807) is 24.3 Å². The maximum atomic E-state index is 10.7. The minimum absolute atomic E-state index is 0.262. The minimum Gasteiger partial charge on any atom is -0.497 e. The molecule has 0 aliphatic rings. The number of carboxylic acid groups (broad SMARTS) is 2. The monoisotopic (exact) mass is 306 g/mol. The van der Waals surface area contributed by atoms with Crippen LogP contribution in [0.15, 0.2) is 30.5 Å². The van der Waals surface area contributed by atoms with E-state index < -0.39 is 18.5 Å². The molecule has 2 aromatic rings. The van der Waals surface area contributed by atoms with E-state index in [-0.39, 0.29) is 6.54 Å². The number of aromatic nitrogens is 2. The lowest BCUT2D eigenvalue weighted by Gasteiger charge is -2.10. The van der Waals surface area contributed by atoms with E-state index in [0.29, 0.717) is 22.8 Å². The highest BCUT2D eigenvalue weighted by molar-refractivity contribution is 5.72. The van der Waals surface area contributed by atoms with E-state index in [1.165, 1.54) is 18.0 Å². The van der Waals surface area contributed by atoms with Gasteiger partial charge in [-0.05, 0) is 18.2 Å². The van der Waals surface area contributed by atoms with Crippen molar-refractivity contribution in [3.8, 4) is 22.8 Å². The lowest BCUT2D eigenvalue weighted by Crippen LogP contribution is -2.10. The molecule has 0 radical (unpaired) electrons. The summed E-state index contributed by atoms with van der Waals surface area (Å²) in [5.41, 5.74) is 1.02. The van der Waals surface area contributed by atoms with Crippen LogP contribution in [0, 0.1) is 0 Å². The second-order valence-electron chi connectivity index (χ2n) is 4.34. The Labute approximate surface area is 125 Å². The molecule has 0 saturated heterocycles.